The van der Waals surface area contributed by atoms with Crippen molar-refractivity contribution < 1.29 is 14.3 Å². The number of ether oxygens (including phenoxy) is 1. The van der Waals surface area contributed by atoms with E-state index in [2.05, 4.69) is 9.88 Å². The van der Waals surface area contributed by atoms with E-state index in [9.17, 15) is 9.59 Å². The van der Waals surface area contributed by atoms with Crippen molar-refractivity contribution in [1.29, 1.82) is 5.26 Å². The summed E-state index contributed by atoms with van der Waals surface area (Å²) in [4.78, 5) is 32.1. The second-order valence-corrected chi connectivity index (χ2v) is 10.8. The molecule has 5 aliphatic rings. The highest BCUT2D eigenvalue weighted by molar-refractivity contribution is 5.85. The van der Waals surface area contributed by atoms with Gasteiger partial charge < -0.3 is 15.4 Å². The number of hydrogen-bond acceptors (Lipinski definition) is 5. The van der Waals surface area contributed by atoms with Crippen LogP contribution in [0, 0.1) is 45.8 Å². The summed E-state index contributed by atoms with van der Waals surface area (Å²) in [6, 6.07) is 5.64. The summed E-state index contributed by atoms with van der Waals surface area (Å²) < 4.78 is 5.91. The molecule has 31 heavy (non-hydrogen) atoms. The van der Waals surface area contributed by atoms with Gasteiger partial charge in [-0.1, -0.05) is 13.8 Å². The minimum Gasteiger partial charge on any atom is -0.477 e. The van der Waals surface area contributed by atoms with Crippen molar-refractivity contribution in [2.24, 2.45) is 40.2 Å². The van der Waals surface area contributed by atoms with Crippen LogP contribution in [-0.4, -0.2) is 40.9 Å². The van der Waals surface area contributed by atoms with Crippen LogP contribution in [0.25, 0.3) is 0 Å². The summed E-state index contributed by atoms with van der Waals surface area (Å²) in [5.74, 6) is 1.91. The first-order valence-corrected chi connectivity index (χ1v) is 11.3. The van der Waals surface area contributed by atoms with Crippen LogP contribution in [-0.2, 0) is 9.59 Å². The van der Waals surface area contributed by atoms with Crippen LogP contribution in [0.15, 0.2) is 18.3 Å². The Bertz CT molecular complexity index is 935. The average Bonchev–Trinajstić information content (AvgIpc) is 2.95. The molecular formula is C24H30N4O3. The van der Waals surface area contributed by atoms with Crippen LogP contribution < -0.4 is 10.5 Å². The average molecular weight is 423 g/mol. The molecule has 5 fully saturated rings. The van der Waals surface area contributed by atoms with Crippen LogP contribution in [0.5, 0.6) is 5.88 Å². The Morgan fingerprint density at radius 1 is 1.29 bits per heavy atom. The number of likely N-dealkylation sites (tertiary alicyclic amines) is 1. The van der Waals surface area contributed by atoms with Crippen molar-refractivity contribution in [2.45, 2.75) is 52.0 Å². The molecule has 6 atom stereocenters. The van der Waals surface area contributed by atoms with Gasteiger partial charge in [0.25, 0.3) is 0 Å². The van der Waals surface area contributed by atoms with E-state index < -0.39 is 5.41 Å². The summed E-state index contributed by atoms with van der Waals surface area (Å²) in [7, 11) is 0. The highest BCUT2D eigenvalue weighted by Gasteiger charge is 2.61. The third kappa shape index (κ3) is 3.10. The van der Waals surface area contributed by atoms with Crippen molar-refractivity contribution >= 4 is 11.8 Å². The quantitative estimate of drug-likeness (QED) is 0.784. The van der Waals surface area contributed by atoms with E-state index >= 15 is 0 Å². The van der Waals surface area contributed by atoms with Crippen LogP contribution in [0.2, 0.25) is 0 Å². The van der Waals surface area contributed by atoms with E-state index in [4.69, 9.17) is 15.7 Å². The largest absolute Gasteiger partial charge is 0.477 e. The van der Waals surface area contributed by atoms with Crippen LogP contribution >= 0.6 is 0 Å². The summed E-state index contributed by atoms with van der Waals surface area (Å²) in [6.45, 7) is 5.10. The minimum atomic E-state index is -0.511. The normalized spacial score (nSPS) is 37.6. The molecule has 2 amide bonds. The Labute approximate surface area is 182 Å². The zero-order valence-corrected chi connectivity index (χ0v) is 18.2. The summed E-state index contributed by atoms with van der Waals surface area (Å²) in [6.07, 6.45) is 6.32. The van der Waals surface area contributed by atoms with Gasteiger partial charge in [-0.3, -0.25) is 9.59 Å². The number of carbonyl (C=O) groups is 2. The van der Waals surface area contributed by atoms with Gasteiger partial charge in [0.1, 0.15) is 6.07 Å². The summed E-state index contributed by atoms with van der Waals surface area (Å²) in [5.41, 5.74) is 5.48. The molecule has 1 aromatic rings. The van der Waals surface area contributed by atoms with E-state index in [1.54, 1.807) is 12.1 Å². The predicted molar refractivity (Wildman–Crippen MR) is 112 cm³/mol. The summed E-state index contributed by atoms with van der Waals surface area (Å²) in [5, 5.41) is 8.92. The molecule has 4 aliphatic carbocycles. The lowest BCUT2D eigenvalue weighted by atomic mass is 9.47. The molecule has 4 saturated carbocycles. The fraction of sp³-hybridized carbons (Fsp3) is 0.667. The van der Waals surface area contributed by atoms with Gasteiger partial charge in [0.15, 0.2) is 0 Å². The molecule has 5 unspecified atom stereocenters. The number of nitriles is 1. The van der Waals surface area contributed by atoms with E-state index in [-0.39, 0.29) is 29.2 Å². The van der Waals surface area contributed by atoms with Crippen LogP contribution in [0.3, 0.4) is 0 Å². The maximum atomic E-state index is 13.5. The number of carbonyl (C=O) groups excluding carboxylic acids is 2. The fourth-order valence-corrected chi connectivity index (χ4v) is 7.14. The predicted octanol–water partition coefficient (Wildman–Crippen LogP) is 2.50. The maximum absolute atomic E-state index is 13.5. The van der Waals surface area contributed by atoms with Gasteiger partial charge in [-0.15, -0.1) is 0 Å². The molecule has 2 N–H and O–H groups in total. The third-order valence-electron chi connectivity index (χ3n) is 8.65. The number of nitrogens with zero attached hydrogens (tertiary/aromatic N) is 3. The molecule has 0 radical (unpaired) electrons. The molecule has 1 aromatic heterocycles. The second-order valence-electron chi connectivity index (χ2n) is 10.8. The zero-order chi connectivity index (χ0) is 22.0. The van der Waals surface area contributed by atoms with Crippen molar-refractivity contribution in [2.75, 3.05) is 13.2 Å². The van der Waals surface area contributed by atoms with Gasteiger partial charge >= 0.3 is 0 Å². The molecule has 7 nitrogen and oxygen atoms in total. The third-order valence-corrected chi connectivity index (χ3v) is 8.65. The van der Waals surface area contributed by atoms with Crippen molar-refractivity contribution in [1.82, 2.24) is 9.88 Å². The number of amides is 2. The highest BCUT2D eigenvalue weighted by Crippen LogP contribution is 2.61. The monoisotopic (exact) mass is 422 g/mol. The lowest BCUT2D eigenvalue weighted by Crippen LogP contribution is -2.62. The van der Waals surface area contributed by atoms with Crippen LogP contribution in [0.1, 0.15) is 51.5 Å². The molecule has 0 aromatic carbocycles. The smallest absolute Gasteiger partial charge is 0.228 e. The lowest BCUT2D eigenvalue weighted by molar-refractivity contribution is -0.159. The molecule has 2 heterocycles. The second kappa shape index (κ2) is 6.94. The van der Waals surface area contributed by atoms with Crippen molar-refractivity contribution in [3.8, 4) is 11.9 Å². The van der Waals surface area contributed by atoms with Gasteiger partial charge in [0.2, 0.25) is 17.7 Å². The Morgan fingerprint density at radius 3 is 2.58 bits per heavy atom. The Hall–Kier alpha value is -2.62. The standard InChI is InChI=1S/C24H30N4O3/c1-23(2)18(13-31-19-4-3-14(10-25)11-27-19)12-28(22(23)30)20-16-5-15-6-17(20)9-24(7-15,8-16)21(26)29/h3-4,11,15-18,20H,5-9,12-13H2,1-2H3,(H2,26,29)/t15?,16-,17?,18?,20?,24?/m0/s1. The fourth-order valence-electron chi connectivity index (χ4n) is 7.14. The SMILES string of the molecule is CC1(C)C(=O)N(C2C3CC4C[C@H]2CC(C(N)=O)(C4)C3)CC1COc1ccc(C#N)cn1. The lowest BCUT2D eigenvalue weighted by Gasteiger charge is -2.60. The maximum Gasteiger partial charge on any atom is 0.228 e. The molecule has 0 spiro atoms. The molecule has 4 bridgehead atoms. The Kier molecular flexibility index (Phi) is 4.55. The van der Waals surface area contributed by atoms with Crippen LogP contribution in [0.4, 0.5) is 0 Å². The highest BCUT2D eigenvalue weighted by atomic mass is 16.5. The number of aromatic nitrogens is 1. The first kappa shape index (κ1) is 20.3. The van der Waals surface area contributed by atoms with Gasteiger partial charge in [-0.05, 0) is 55.9 Å². The first-order chi connectivity index (χ1) is 14.7. The number of pyridine rings is 1. The van der Waals surface area contributed by atoms with Gasteiger partial charge in [-0.25, -0.2) is 4.98 Å². The van der Waals surface area contributed by atoms with E-state index in [0.717, 1.165) is 32.1 Å². The Balaban J connectivity index is 1.31. The van der Waals surface area contributed by atoms with Gasteiger partial charge in [0.05, 0.1) is 17.6 Å². The molecule has 1 saturated heterocycles. The van der Waals surface area contributed by atoms with E-state index in [1.165, 1.54) is 6.20 Å². The number of nitrogens with two attached hydrogens (primary N) is 1. The van der Waals surface area contributed by atoms with Crippen molar-refractivity contribution in [3.63, 3.8) is 0 Å². The summed E-state index contributed by atoms with van der Waals surface area (Å²) >= 11 is 0. The molecule has 7 heteroatoms. The first-order valence-electron chi connectivity index (χ1n) is 11.3. The molecule has 164 valence electrons. The number of primary amides is 1. The number of rotatable bonds is 5. The molecular weight excluding hydrogens is 392 g/mol. The number of hydrogen-bond donors (Lipinski definition) is 1. The van der Waals surface area contributed by atoms with E-state index in [1.807, 2.05) is 19.9 Å². The molecule has 1 aliphatic heterocycles. The van der Waals surface area contributed by atoms with Crippen molar-refractivity contribution in [3.05, 3.63) is 23.9 Å². The minimum absolute atomic E-state index is 0.0553. The van der Waals surface area contributed by atoms with Gasteiger partial charge in [0, 0.05) is 36.2 Å². The topological polar surface area (TPSA) is 109 Å². The molecule has 6 rings (SSSR count). The van der Waals surface area contributed by atoms with Gasteiger partial charge in [-0.2, -0.15) is 5.26 Å². The zero-order valence-electron chi connectivity index (χ0n) is 18.2. The Morgan fingerprint density at radius 2 is 2.00 bits per heavy atom. The van der Waals surface area contributed by atoms with E-state index in [0.29, 0.717) is 42.3 Å².